The third-order valence-electron chi connectivity index (χ3n) is 3.02. The molecule has 106 valence electrons. The number of nitrogens with one attached hydrogen (secondary N) is 1. The number of carbonyl (C=O) groups is 3. The Morgan fingerprint density at radius 3 is 2.55 bits per heavy atom. The monoisotopic (exact) mass is 278 g/mol. The highest BCUT2D eigenvalue weighted by Crippen LogP contribution is 2.23. The molecule has 0 bridgehead atoms. The molecule has 20 heavy (non-hydrogen) atoms. The van der Waals surface area contributed by atoms with Crippen molar-refractivity contribution in [3.63, 3.8) is 0 Å². The number of amides is 3. The van der Waals surface area contributed by atoms with Crippen molar-refractivity contribution in [1.29, 1.82) is 0 Å². The Balaban J connectivity index is 2.12. The normalized spacial score (nSPS) is 18.1. The van der Waals surface area contributed by atoms with Crippen LogP contribution in [-0.4, -0.2) is 41.6 Å². The third-order valence-corrected chi connectivity index (χ3v) is 3.02. The Bertz CT molecular complexity index is 540. The first kappa shape index (κ1) is 13.9. The van der Waals surface area contributed by atoms with Crippen LogP contribution in [0.3, 0.4) is 0 Å². The SMILES string of the molecule is COc1ccc(C2NC(=O)N(CCC(=O)O)C2=O)cc1. The van der Waals surface area contributed by atoms with E-state index in [1.165, 1.54) is 7.11 Å². The molecule has 1 aliphatic rings. The number of hydrogen-bond acceptors (Lipinski definition) is 4. The van der Waals surface area contributed by atoms with Crippen LogP contribution >= 0.6 is 0 Å². The maximum absolute atomic E-state index is 12.1. The van der Waals surface area contributed by atoms with Gasteiger partial charge < -0.3 is 15.2 Å². The first-order valence-electron chi connectivity index (χ1n) is 6.00. The lowest BCUT2D eigenvalue weighted by Crippen LogP contribution is -2.32. The maximum Gasteiger partial charge on any atom is 0.325 e. The second-order valence-corrected chi connectivity index (χ2v) is 4.29. The molecule has 1 aromatic carbocycles. The van der Waals surface area contributed by atoms with E-state index in [0.29, 0.717) is 11.3 Å². The van der Waals surface area contributed by atoms with Crippen LogP contribution in [0.2, 0.25) is 0 Å². The zero-order valence-corrected chi connectivity index (χ0v) is 10.8. The molecule has 1 fully saturated rings. The van der Waals surface area contributed by atoms with Crippen molar-refractivity contribution < 1.29 is 24.2 Å². The van der Waals surface area contributed by atoms with Gasteiger partial charge in [0.1, 0.15) is 11.8 Å². The van der Waals surface area contributed by atoms with Crippen molar-refractivity contribution in [3.05, 3.63) is 29.8 Å². The van der Waals surface area contributed by atoms with Gasteiger partial charge in [-0.15, -0.1) is 0 Å². The minimum absolute atomic E-state index is 0.132. The largest absolute Gasteiger partial charge is 0.497 e. The van der Waals surface area contributed by atoms with Crippen molar-refractivity contribution >= 4 is 17.9 Å². The van der Waals surface area contributed by atoms with Gasteiger partial charge in [-0.25, -0.2) is 4.79 Å². The number of rotatable bonds is 5. The van der Waals surface area contributed by atoms with E-state index in [9.17, 15) is 14.4 Å². The number of carboxylic acids is 1. The second-order valence-electron chi connectivity index (χ2n) is 4.29. The lowest BCUT2D eigenvalue weighted by molar-refractivity contribution is -0.137. The van der Waals surface area contributed by atoms with Gasteiger partial charge in [0.05, 0.1) is 13.5 Å². The molecule has 0 aliphatic carbocycles. The highest BCUT2D eigenvalue weighted by molar-refractivity contribution is 6.04. The fourth-order valence-electron chi connectivity index (χ4n) is 1.96. The van der Waals surface area contributed by atoms with Crippen LogP contribution in [0.1, 0.15) is 18.0 Å². The molecule has 1 unspecified atom stereocenters. The molecule has 7 nitrogen and oxygen atoms in total. The van der Waals surface area contributed by atoms with Crippen molar-refractivity contribution in [2.75, 3.05) is 13.7 Å². The summed E-state index contributed by atoms with van der Waals surface area (Å²) in [6.07, 6.45) is -0.269. The quantitative estimate of drug-likeness (QED) is 0.775. The number of methoxy groups -OCH3 is 1. The first-order valence-corrected chi connectivity index (χ1v) is 6.00. The number of ether oxygens (including phenoxy) is 1. The number of carbonyl (C=O) groups excluding carboxylic acids is 2. The van der Waals surface area contributed by atoms with Gasteiger partial charge in [-0.1, -0.05) is 12.1 Å². The Labute approximate surface area is 115 Å². The summed E-state index contributed by atoms with van der Waals surface area (Å²) in [6.45, 7) is -0.132. The molecule has 0 radical (unpaired) electrons. The Kier molecular flexibility index (Phi) is 3.88. The number of carboxylic acid groups (broad SMARTS) is 1. The van der Waals surface area contributed by atoms with Crippen LogP contribution in [0.15, 0.2) is 24.3 Å². The fraction of sp³-hybridized carbons (Fsp3) is 0.308. The molecule has 3 amide bonds. The van der Waals surface area contributed by atoms with E-state index in [4.69, 9.17) is 9.84 Å². The van der Waals surface area contributed by atoms with E-state index < -0.39 is 23.9 Å². The van der Waals surface area contributed by atoms with E-state index in [1.807, 2.05) is 0 Å². The second kappa shape index (κ2) is 5.60. The van der Waals surface area contributed by atoms with E-state index in [-0.39, 0.29) is 13.0 Å². The van der Waals surface area contributed by atoms with Crippen molar-refractivity contribution in [2.45, 2.75) is 12.5 Å². The average Bonchev–Trinajstić information content (AvgIpc) is 2.72. The molecule has 7 heteroatoms. The third kappa shape index (κ3) is 2.71. The number of aliphatic carboxylic acids is 1. The van der Waals surface area contributed by atoms with E-state index in [2.05, 4.69) is 5.32 Å². The van der Waals surface area contributed by atoms with Gasteiger partial charge >= 0.3 is 12.0 Å². The topological polar surface area (TPSA) is 95.9 Å². The highest BCUT2D eigenvalue weighted by Gasteiger charge is 2.38. The molecule has 2 N–H and O–H groups in total. The number of benzene rings is 1. The smallest absolute Gasteiger partial charge is 0.325 e. The Morgan fingerprint density at radius 2 is 2.00 bits per heavy atom. The van der Waals surface area contributed by atoms with Crippen LogP contribution in [0.4, 0.5) is 4.79 Å². The molecular weight excluding hydrogens is 264 g/mol. The lowest BCUT2D eigenvalue weighted by Gasteiger charge is -2.11. The molecule has 1 atom stereocenters. The summed E-state index contributed by atoms with van der Waals surface area (Å²) in [6, 6.07) is 5.40. The van der Waals surface area contributed by atoms with Crippen LogP contribution < -0.4 is 10.1 Å². The minimum Gasteiger partial charge on any atom is -0.497 e. The molecule has 0 spiro atoms. The maximum atomic E-state index is 12.1. The zero-order valence-electron chi connectivity index (χ0n) is 10.8. The molecule has 1 aromatic rings. The van der Waals surface area contributed by atoms with Gasteiger partial charge in [0, 0.05) is 6.54 Å². The van der Waals surface area contributed by atoms with Crippen molar-refractivity contribution in [3.8, 4) is 5.75 Å². The van der Waals surface area contributed by atoms with Crippen LogP contribution in [-0.2, 0) is 9.59 Å². The van der Waals surface area contributed by atoms with Crippen LogP contribution in [0.25, 0.3) is 0 Å². The van der Waals surface area contributed by atoms with Crippen molar-refractivity contribution in [2.24, 2.45) is 0 Å². The summed E-state index contributed by atoms with van der Waals surface area (Å²) in [7, 11) is 1.53. The molecule has 0 aromatic heterocycles. The molecular formula is C13H14N2O5. The zero-order chi connectivity index (χ0) is 14.7. The molecule has 1 aliphatic heterocycles. The fourth-order valence-corrected chi connectivity index (χ4v) is 1.96. The molecule has 1 heterocycles. The van der Waals surface area contributed by atoms with E-state index in [1.54, 1.807) is 24.3 Å². The molecule has 0 saturated carbocycles. The first-order chi connectivity index (χ1) is 9.52. The van der Waals surface area contributed by atoms with Crippen LogP contribution in [0.5, 0.6) is 5.75 Å². The number of nitrogens with zero attached hydrogens (tertiary/aromatic N) is 1. The molecule has 2 rings (SSSR count). The average molecular weight is 278 g/mol. The van der Waals surface area contributed by atoms with Crippen molar-refractivity contribution in [1.82, 2.24) is 10.2 Å². The van der Waals surface area contributed by atoms with Gasteiger partial charge in [-0.05, 0) is 17.7 Å². The van der Waals surface area contributed by atoms with Crippen LogP contribution in [0, 0.1) is 0 Å². The number of imide groups is 1. The van der Waals surface area contributed by atoms with E-state index in [0.717, 1.165) is 4.90 Å². The van der Waals surface area contributed by atoms with Gasteiger partial charge in [-0.2, -0.15) is 0 Å². The predicted octanol–water partition coefficient (Wildman–Crippen LogP) is 0.763. The molecule has 1 saturated heterocycles. The summed E-state index contributed by atoms with van der Waals surface area (Å²) < 4.78 is 5.02. The summed E-state index contributed by atoms with van der Waals surface area (Å²) in [4.78, 5) is 35.2. The predicted molar refractivity (Wildman–Crippen MR) is 68.2 cm³/mol. The minimum atomic E-state index is -1.06. The summed E-state index contributed by atoms with van der Waals surface area (Å²) in [5.74, 6) is -0.854. The van der Waals surface area contributed by atoms with E-state index >= 15 is 0 Å². The summed E-state index contributed by atoms with van der Waals surface area (Å²) in [5.41, 5.74) is 0.627. The lowest BCUT2D eigenvalue weighted by atomic mass is 10.1. The van der Waals surface area contributed by atoms with Gasteiger partial charge in [0.15, 0.2) is 0 Å². The highest BCUT2D eigenvalue weighted by atomic mass is 16.5. The van der Waals surface area contributed by atoms with Gasteiger partial charge in [0.2, 0.25) is 0 Å². The summed E-state index contributed by atoms with van der Waals surface area (Å²) in [5, 5.41) is 11.1. The Hall–Kier alpha value is -2.57. The number of hydrogen-bond donors (Lipinski definition) is 2. The van der Waals surface area contributed by atoms with Gasteiger partial charge in [0.25, 0.3) is 5.91 Å². The van der Waals surface area contributed by atoms with Gasteiger partial charge in [-0.3, -0.25) is 14.5 Å². The standard InChI is InChI=1S/C13H14N2O5/c1-20-9-4-2-8(3-5-9)11-12(18)15(13(19)14-11)7-6-10(16)17/h2-5,11H,6-7H2,1H3,(H,14,19)(H,16,17). The number of urea groups is 1. The Morgan fingerprint density at radius 1 is 1.35 bits per heavy atom. The summed E-state index contributed by atoms with van der Waals surface area (Å²) >= 11 is 0.